The molecule has 0 aliphatic carbocycles. The fourth-order valence-electron chi connectivity index (χ4n) is 2.76. The summed E-state index contributed by atoms with van der Waals surface area (Å²) in [5.41, 5.74) is 0.273. The Morgan fingerprint density at radius 2 is 2.15 bits per heavy atom. The molecule has 132 valence electrons. The van der Waals surface area contributed by atoms with E-state index in [1.54, 1.807) is 30.5 Å². The maximum atomic E-state index is 13.9. The van der Waals surface area contributed by atoms with E-state index in [2.05, 4.69) is 9.97 Å². The first-order valence-electron chi connectivity index (χ1n) is 7.71. The minimum Gasteiger partial charge on any atom is -0.481 e. The number of aromatic nitrogens is 2. The van der Waals surface area contributed by atoms with Crippen molar-refractivity contribution in [3.05, 3.63) is 47.4 Å². The summed E-state index contributed by atoms with van der Waals surface area (Å²) >= 11 is 2.50. The second-order valence-corrected chi connectivity index (χ2v) is 8.01. The molecule has 0 radical (unpaired) electrons. The predicted molar refractivity (Wildman–Crippen MR) is 96.9 cm³/mol. The maximum Gasteiger partial charge on any atom is 0.305 e. The normalized spacial score (nSPS) is 16.7. The molecule has 0 saturated carbocycles. The number of benzene rings is 1. The molecule has 26 heavy (non-hydrogen) atoms. The summed E-state index contributed by atoms with van der Waals surface area (Å²) < 4.78 is 14.6. The smallest absolute Gasteiger partial charge is 0.305 e. The van der Waals surface area contributed by atoms with E-state index >= 15 is 0 Å². The van der Waals surface area contributed by atoms with Crippen LogP contribution in [0.4, 0.5) is 10.2 Å². The monoisotopic (exact) mass is 389 g/mol. The summed E-state index contributed by atoms with van der Waals surface area (Å²) in [4.78, 5) is 34.7. The number of anilines is 1. The molecule has 1 unspecified atom stereocenters. The fourth-order valence-corrected chi connectivity index (χ4v) is 4.92. The van der Waals surface area contributed by atoms with E-state index in [-0.39, 0.29) is 24.4 Å². The van der Waals surface area contributed by atoms with Gasteiger partial charge in [0.25, 0.3) is 0 Å². The van der Waals surface area contributed by atoms with Crippen LogP contribution in [0.3, 0.4) is 0 Å². The topological polar surface area (TPSA) is 83.4 Å². The summed E-state index contributed by atoms with van der Waals surface area (Å²) in [5, 5.41) is 8.92. The van der Waals surface area contributed by atoms with Crippen LogP contribution in [0.25, 0.3) is 10.2 Å². The molecule has 0 saturated heterocycles. The molecule has 1 N–H and O–H groups in total. The zero-order valence-electron chi connectivity index (χ0n) is 13.3. The second kappa shape index (κ2) is 6.65. The quantitative estimate of drug-likeness (QED) is 0.737. The van der Waals surface area contributed by atoms with Gasteiger partial charge in [-0.05, 0) is 24.3 Å². The minimum atomic E-state index is -1.04. The molecule has 1 aliphatic heterocycles. The van der Waals surface area contributed by atoms with Crippen LogP contribution in [0, 0.1) is 5.82 Å². The highest BCUT2D eigenvalue weighted by Crippen LogP contribution is 2.40. The number of thiazole rings is 1. The molecule has 6 nitrogen and oxygen atoms in total. The maximum absolute atomic E-state index is 13.9. The van der Waals surface area contributed by atoms with Crippen LogP contribution in [0.15, 0.2) is 41.4 Å². The zero-order valence-corrected chi connectivity index (χ0v) is 14.9. The number of rotatable bonds is 4. The summed E-state index contributed by atoms with van der Waals surface area (Å²) in [6, 6.07) is 8.27. The van der Waals surface area contributed by atoms with Crippen molar-refractivity contribution in [3.8, 4) is 0 Å². The van der Waals surface area contributed by atoms with Crippen LogP contribution in [0.2, 0.25) is 0 Å². The molecule has 0 bridgehead atoms. The Labute approximate surface area is 155 Å². The molecular weight excluding hydrogens is 377 g/mol. The van der Waals surface area contributed by atoms with Crippen molar-refractivity contribution in [1.82, 2.24) is 9.97 Å². The van der Waals surface area contributed by atoms with E-state index < -0.39 is 17.0 Å². The number of nitrogens with zero attached hydrogens (tertiary/aromatic N) is 3. The molecule has 9 heteroatoms. The Morgan fingerprint density at radius 3 is 2.92 bits per heavy atom. The highest BCUT2D eigenvalue weighted by Gasteiger charge is 2.36. The highest BCUT2D eigenvalue weighted by molar-refractivity contribution is 8.01. The summed E-state index contributed by atoms with van der Waals surface area (Å²) in [5.74, 6) is -1.30. The van der Waals surface area contributed by atoms with Gasteiger partial charge in [0, 0.05) is 6.20 Å². The lowest BCUT2D eigenvalue weighted by Crippen LogP contribution is -2.41. The van der Waals surface area contributed by atoms with Gasteiger partial charge in [-0.25, -0.2) is 14.4 Å². The molecule has 0 fully saturated rings. The number of aliphatic carboxylic acids is 1. The Hall–Kier alpha value is -2.52. The van der Waals surface area contributed by atoms with Gasteiger partial charge in [0.2, 0.25) is 5.91 Å². The Bertz CT molecular complexity index is 1020. The van der Waals surface area contributed by atoms with Crippen LogP contribution >= 0.6 is 23.1 Å². The number of hydrogen-bond acceptors (Lipinski definition) is 6. The van der Waals surface area contributed by atoms with Gasteiger partial charge in [0.15, 0.2) is 0 Å². The lowest BCUT2D eigenvalue weighted by atomic mass is 10.2. The largest absolute Gasteiger partial charge is 0.481 e. The Kier molecular flexibility index (Phi) is 4.33. The number of carbonyl (C=O) groups excluding carboxylic acids is 1. The van der Waals surface area contributed by atoms with E-state index in [1.165, 1.54) is 34.1 Å². The van der Waals surface area contributed by atoms with Crippen molar-refractivity contribution in [1.29, 1.82) is 0 Å². The lowest BCUT2D eigenvalue weighted by molar-refractivity contribution is -0.138. The van der Waals surface area contributed by atoms with Crippen molar-refractivity contribution in [2.75, 3.05) is 4.90 Å². The van der Waals surface area contributed by atoms with Crippen LogP contribution in [-0.2, 0) is 16.1 Å². The van der Waals surface area contributed by atoms with Gasteiger partial charge < -0.3 is 5.11 Å². The predicted octanol–water partition coefficient (Wildman–Crippen LogP) is 3.31. The van der Waals surface area contributed by atoms with E-state index in [4.69, 9.17) is 5.11 Å². The Morgan fingerprint density at radius 1 is 1.31 bits per heavy atom. The van der Waals surface area contributed by atoms with Crippen molar-refractivity contribution in [2.45, 2.75) is 23.1 Å². The molecule has 3 aromatic rings. The minimum absolute atomic E-state index is 0.123. The van der Waals surface area contributed by atoms with E-state index in [0.29, 0.717) is 15.5 Å². The van der Waals surface area contributed by atoms with Crippen LogP contribution in [0.1, 0.15) is 11.4 Å². The van der Waals surface area contributed by atoms with Gasteiger partial charge in [0.05, 0.1) is 27.8 Å². The summed E-state index contributed by atoms with van der Waals surface area (Å²) in [6.45, 7) is 0.123. The number of carboxylic acid groups (broad SMARTS) is 1. The SMILES string of the molecule is O=C(O)CC1Sc2cccnc2N(Cc2nc3c(F)cccc3s2)C1=O. The van der Waals surface area contributed by atoms with Gasteiger partial charge in [-0.1, -0.05) is 6.07 Å². The van der Waals surface area contributed by atoms with Crippen molar-refractivity contribution in [2.24, 2.45) is 0 Å². The summed E-state index contributed by atoms with van der Waals surface area (Å²) in [6.07, 6.45) is 1.30. The number of pyridine rings is 1. The molecule has 3 heterocycles. The molecule has 1 amide bonds. The number of fused-ring (bicyclic) bond motifs is 2. The average molecular weight is 389 g/mol. The lowest BCUT2D eigenvalue weighted by Gasteiger charge is -2.31. The third-order valence-corrected chi connectivity index (χ3v) is 6.12. The van der Waals surface area contributed by atoms with Crippen molar-refractivity contribution in [3.63, 3.8) is 0 Å². The number of amides is 1. The zero-order chi connectivity index (χ0) is 18.3. The second-order valence-electron chi connectivity index (χ2n) is 5.65. The first kappa shape index (κ1) is 16.9. The number of thioether (sulfide) groups is 1. The van der Waals surface area contributed by atoms with Gasteiger partial charge in [-0.3, -0.25) is 14.5 Å². The van der Waals surface area contributed by atoms with E-state index in [0.717, 1.165) is 4.90 Å². The molecular formula is C17H12FN3O3S2. The van der Waals surface area contributed by atoms with E-state index in [1.807, 2.05) is 0 Å². The fraction of sp³-hybridized carbons (Fsp3) is 0.176. The summed E-state index contributed by atoms with van der Waals surface area (Å²) in [7, 11) is 0. The standard InChI is InChI=1S/C17H12FN3O3S2/c18-9-3-1-4-10-15(9)20-13(26-10)8-21-16-11(5-2-6-19-16)25-12(17(21)24)7-14(22)23/h1-6,12H,7-8H2,(H,22,23). The first-order chi connectivity index (χ1) is 12.5. The average Bonchev–Trinajstić information content (AvgIpc) is 3.02. The molecule has 2 aromatic heterocycles. The van der Waals surface area contributed by atoms with Crippen molar-refractivity contribution < 1.29 is 19.1 Å². The molecule has 1 aliphatic rings. The van der Waals surface area contributed by atoms with Gasteiger partial charge in [0.1, 0.15) is 22.2 Å². The number of carbonyl (C=O) groups is 2. The van der Waals surface area contributed by atoms with Crippen LogP contribution in [0.5, 0.6) is 0 Å². The molecule has 1 atom stereocenters. The van der Waals surface area contributed by atoms with Gasteiger partial charge in [-0.2, -0.15) is 0 Å². The third-order valence-electron chi connectivity index (χ3n) is 3.88. The number of halogens is 1. The van der Waals surface area contributed by atoms with Crippen LogP contribution < -0.4 is 4.90 Å². The van der Waals surface area contributed by atoms with Crippen LogP contribution in [-0.4, -0.2) is 32.2 Å². The third kappa shape index (κ3) is 3.04. The first-order valence-corrected chi connectivity index (χ1v) is 9.41. The number of carboxylic acids is 1. The highest BCUT2D eigenvalue weighted by atomic mass is 32.2. The molecule has 0 spiro atoms. The number of para-hydroxylation sites is 1. The van der Waals surface area contributed by atoms with Gasteiger partial charge in [-0.15, -0.1) is 23.1 Å². The number of hydrogen-bond donors (Lipinski definition) is 1. The van der Waals surface area contributed by atoms with E-state index in [9.17, 15) is 14.0 Å². The molecule has 1 aromatic carbocycles. The molecule has 4 rings (SSSR count). The Balaban J connectivity index is 1.71. The van der Waals surface area contributed by atoms with Gasteiger partial charge >= 0.3 is 5.97 Å². The van der Waals surface area contributed by atoms with Crippen molar-refractivity contribution >= 4 is 51.0 Å².